The topological polar surface area (TPSA) is 41.3 Å². The Kier molecular flexibility index (Phi) is 7.55. The highest BCUT2D eigenvalue weighted by Crippen LogP contribution is 2.10. The van der Waals surface area contributed by atoms with Crippen LogP contribution in [-0.4, -0.2) is 30.6 Å². The first kappa shape index (κ1) is 16.5. The van der Waals surface area contributed by atoms with Crippen LogP contribution >= 0.6 is 24.8 Å². The molecule has 3 nitrogen and oxygen atoms in total. The molecule has 0 radical (unpaired) electrons. The van der Waals surface area contributed by atoms with E-state index >= 15 is 0 Å². The van der Waals surface area contributed by atoms with Crippen molar-refractivity contribution < 1.29 is 0 Å². The molecule has 1 aliphatic heterocycles. The van der Waals surface area contributed by atoms with E-state index in [-0.39, 0.29) is 24.8 Å². The third kappa shape index (κ3) is 5.13. The van der Waals surface area contributed by atoms with Crippen molar-refractivity contribution in [2.24, 2.45) is 0 Å². The molecule has 1 fully saturated rings. The molecule has 1 heterocycles. The predicted molar refractivity (Wildman–Crippen MR) is 78.1 cm³/mol. The van der Waals surface area contributed by atoms with Crippen molar-refractivity contribution in [2.45, 2.75) is 19.5 Å². The molecule has 1 saturated heterocycles. The lowest BCUT2D eigenvalue weighted by molar-refractivity contribution is 0.199. The van der Waals surface area contributed by atoms with Crippen LogP contribution in [-0.2, 0) is 6.54 Å². The smallest absolute Gasteiger partial charge is 0.0317 e. The molecule has 0 aliphatic carbocycles. The minimum Gasteiger partial charge on any atom is -0.399 e. The maximum absolute atomic E-state index is 5.76. The molecule has 0 spiro atoms. The fourth-order valence-electron chi connectivity index (χ4n) is 2.11. The van der Waals surface area contributed by atoms with Gasteiger partial charge in [-0.05, 0) is 24.6 Å². The molecule has 2 rings (SSSR count). The number of nitrogens with zero attached hydrogens (tertiary/aromatic N) is 1. The molecule has 1 aliphatic rings. The second kappa shape index (κ2) is 7.77. The first-order valence-corrected chi connectivity index (χ1v) is 5.54. The Labute approximate surface area is 116 Å². The van der Waals surface area contributed by atoms with Gasteiger partial charge in [0.1, 0.15) is 0 Å². The quantitative estimate of drug-likeness (QED) is 0.812. The van der Waals surface area contributed by atoms with Gasteiger partial charge in [0.25, 0.3) is 0 Å². The zero-order valence-corrected chi connectivity index (χ0v) is 11.7. The Balaban J connectivity index is 0.00000128. The lowest BCUT2D eigenvalue weighted by atomic mass is 10.1. The summed E-state index contributed by atoms with van der Waals surface area (Å²) in [4.78, 5) is 2.47. The zero-order valence-electron chi connectivity index (χ0n) is 10.1. The molecule has 3 N–H and O–H groups in total. The molecule has 1 atom stereocenters. The highest BCUT2D eigenvalue weighted by molar-refractivity contribution is 5.85. The minimum absolute atomic E-state index is 0. The summed E-state index contributed by atoms with van der Waals surface area (Å²) in [5.41, 5.74) is 7.93. The van der Waals surface area contributed by atoms with Crippen LogP contribution in [0.15, 0.2) is 24.3 Å². The Hall–Kier alpha value is -0.480. The van der Waals surface area contributed by atoms with Crippen molar-refractivity contribution in [3.63, 3.8) is 0 Å². The number of benzene rings is 1. The molecule has 0 aromatic heterocycles. The third-order valence-corrected chi connectivity index (χ3v) is 2.81. The summed E-state index contributed by atoms with van der Waals surface area (Å²) >= 11 is 0. The standard InChI is InChI=1S/C12H19N3.2ClH/c1-10-8-15(6-5-14-10)9-11-3-2-4-12(13)7-11;;/h2-4,7,10,14H,5-6,8-9,13H2,1H3;2*1H. The monoisotopic (exact) mass is 277 g/mol. The molecule has 5 heteroatoms. The summed E-state index contributed by atoms with van der Waals surface area (Å²) in [6, 6.07) is 8.76. The highest BCUT2D eigenvalue weighted by Gasteiger charge is 2.15. The van der Waals surface area contributed by atoms with Crippen LogP contribution in [0.4, 0.5) is 5.69 Å². The Morgan fingerprint density at radius 3 is 2.82 bits per heavy atom. The van der Waals surface area contributed by atoms with Gasteiger partial charge in [-0.2, -0.15) is 0 Å². The number of piperazine rings is 1. The van der Waals surface area contributed by atoms with Gasteiger partial charge in [0.15, 0.2) is 0 Å². The molecule has 98 valence electrons. The fraction of sp³-hybridized carbons (Fsp3) is 0.500. The van der Waals surface area contributed by atoms with Crippen LogP contribution in [0.3, 0.4) is 0 Å². The summed E-state index contributed by atoms with van der Waals surface area (Å²) in [6.45, 7) is 6.57. The van der Waals surface area contributed by atoms with Crippen molar-refractivity contribution in [1.29, 1.82) is 0 Å². The van der Waals surface area contributed by atoms with Gasteiger partial charge in [0.2, 0.25) is 0 Å². The number of nitrogens with two attached hydrogens (primary N) is 1. The van der Waals surface area contributed by atoms with Gasteiger partial charge in [-0.3, -0.25) is 4.90 Å². The fourth-order valence-corrected chi connectivity index (χ4v) is 2.11. The van der Waals surface area contributed by atoms with Crippen LogP contribution in [0.5, 0.6) is 0 Å². The normalized spacial score (nSPS) is 20.2. The van der Waals surface area contributed by atoms with E-state index in [0.29, 0.717) is 6.04 Å². The Bertz CT molecular complexity index is 333. The number of halogens is 2. The number of hydrogen-bond donors (Lipinski definition) is 2. The molecule has 17 heavy (non-hydrogen) atoms. The summed E-state index contributed by atoms with van der Waals surface area (Å²) in [5, 5.41) is 3.44. The van der Waals surface area contributed by atoms with Crippen LogP contribution in [0, 0.1) is 0 Å². The summed E-state index contributed by atoms with van der Waals surface area (Å²) in [7, 11) is 0. The second-order valence-corrected chi connectivity index (χ2v) is 4.34. The van der Waals surface area contributed by atoms with E-state index < -0.39 is 0 Å². The van der Waals surface area contributed by atoms with Crippen molar-refractivity contribution in [3.05, 3.63) is 29.8 Å². The van der Waals surface area contributed by atoms with Gasteiger partial charge < -0.3 is 11.1 Å². The van der Waals surface area contributed by atoms with Gasteiger partial charge >= 0.3 is 0 Å². The maximum Gasteiger partial charge on any atom is 0.0317 e. The maximum atomic E-state index is 5.76. The average Bonchev–Trinajstić information content (AvgIpc) is 2.17. The van der Waals surface area contributed by atoms with Crippen LogP contribution in [0.2, 0.25) is 0 Å². The van der Waals surface area contributed by atoms with Gasteiger partial charge in [0.05, 0.1) is 0 Å². The molecule has 1 aromatic rings. The van der Waals surface area contributed by atoms with Crippen LogP contribution in [0.1, 0.15) is 12.5 Å². The van der Waals surface area contributed by atoms with Gasteiger partial charge in [0, 0.05) is 37.9 Å². The second-order valence-electron chi connectivity index (χ2n) is 4.34. The van der Waals surface area contributed by atoms with Crippen molar-refractivity contribution in [3.8, 4) is 0 Å². The lowest BCUT2D eigenvalue weighted by Gasteiger charge is -2.31. The molecule has 1 unspecified atom stereocenters. The van der Waals surface area contributed by atoms with Gasteiger partial charge in [-0.25, -0.2) is 0 Å². The van der Waals surface area contributed by atoms with E-state index in [9.17, 15) is 0 Å². The van der Waals surface area contributed by atoms with Gasteiger partial charge in [-0.15, -0.1) is 24.8 Å². The van der Waals surface area contributed by atoms with E-state index in [1.807, 2.05) is 12.1 Å². The first-order chi connectivity index (χ1) is 7.24. The van der Waals surface area contributed by atoms with Gasteiger partial charge in [-0.1, -0.05) is 12.1 Å². The van der Waals surface area contributed by atoms with Crippen molar-refractivity contribution in [2.75, 3.05) is 25.4 Å². The van der Waals surface area contributed by atoms with E-state index in [0.717, 1.165) is 31.9 Å². The number of hydrogen-bond acceptors (Lipinski definition) is 3. The van der Waals surface area contributed by atoms with E-state index in [4.69, 9.17) is 5.73 Å². The van der Waals surface area contributed by atoms with E-state index in [1.165, 1.54) is 5.56 Å². The number of nitrogens with one attached hydrogen (secondary N) is 1. The Morgan fingerprint density at radius 1 is 1.41 bits per heavy atom. The van der Waals surface area contributed by atoms with E-state index in [1.54, 1.807) is 0 Å². The number of anilines is 1. The average molecular weight is 278 g/mol. The predicted octanol–water partition coefficient (Wildman–Crippen LogP) is 1.91. The summed E-state index contributed by atoms with van der Waals surface area (Å²) in [6.07, 6.45) is 0. The molecule has 0 bridgehead atoms. The molecule has 0 amide bonds. The van der Waals surface area contributed by atoms with Crippen molar-refractivity contribution in [1.82, 2.24) is 10.2 Å². The zero-order chi connectivity index (χ0) is 10.7. The highest BCUT2D eigenvalue weighted by atomic mass is 35.5. The van der Waals surface area contributed by atoms with E-state index in [2.05, 4.69) is 29.3 Å². The van der Waals surface area contributed by atoms with Crippen LogP contribution < -0.4 is 11.1 Å². The third-order valence-electron chi connectivity index (χ3n) is 2.81. The largest absolute Gasteiger partial charge is 0.399 e. The Morgan fingerprint density at radius 2 is 2.18 bits per heavy atom. The van der Waals surface area contributed by atoms with Crippen molar-refractivity contribution >= 4 is 30.5 Å². The molecular formula is C12H21Cl2N3. The molecule has 0 saturated carbocycles. The minimum atomic E-state index is 0. The van der Waals surface area contributed by atoms with Crippen LogP contribution in [0.25, 0.3) is 0 Å². The number of rotatable bonds is 2. The summed E-state index contributed by atoms with van der Waals surface area (Å²) < 4.78 is 0. The summed E-state index contributed by atoms with van der Waals surface area (Å²) in [5.74, 6) is 0. The first-order valence-electron chi connectivity index (χ1n) is 5.54. The lowest BCUT2D eigenvalue weighted by Crippen LogP contribution is -2.48. The SMILES string of the molecule is CC1CN(Cc2cccc(N)c2)CCN1.Cl.Cl. The number of nitrogen functional groups attached to an aromatic ring is 1. The molecular weight excluding hydrogens is 257 g/mol. The molecule has 1 aromatic carbocycles.